The summed E-state index contributed by atoms with van der Waals surface area (Å²) in [6, 6.07) is 3.82. The van der Waals surface area contributed by atoms with Crippen molar-refractivity contribution >= 4 is 15.9 Å². The monoisotopic (exact) mass is 271 g/mol. The molecule has 0 atom stereocenters. The van der Waals surface area contributed by atoms with Gasteiger partial charge in [-0.2, -0.15) is 0 Å². The van der Waals surface area contributed by atoms with Gasteiger partial charge in [0, 0.05) is 13.2 Å². The number of halogens is 1. The summed E-state index contributed by atoms with van der Waals surface area (Å²) in [4.78, 5) is 4.11. The van der Waals surface area contributed by atoms with E-state index >= 15 is 0 Å². The Hall–Kier alpha value is -0.610. The molecule has 0 aromatic carbocycles. The molecule has 0 aliphatic carbocycles. The molecule has 0 spiro atoms. The molecule has 0 bridgehead atoms. The van der Waals surface area contributed by atoms with Crippen LogP contribution in [0.5, 0.6) is 5.75 Å². The quantitative estimate of drug-likeness (QED) is 0.793. The molecule has 82 valence electrons. The van der Waals surface area contributed by atoms with Crippen molar-refractivity contribution in [3.63, 3.8) is 0 Å². The number of nitrogens with zero attached hydrogens (tertiary/aromatic N) is 1. The van der Waals surface area contributed by atoms with Gasteiger partial charge >= 0.3 is 0 Å². The van der Waals surface area contributed by atoms with Gasteiger partial charge in [-0.3, -0.25) is 0 Å². The van der Waals surface area contributed by atoms with Crippen molar-refractivity contribution in [2.45, 2.75) is 12.8 Å². The van der Waals surface area contributed by atoms with Crippen LogP contribution < -0.4 is 4.74 Å². The molecule has 4 heteroatoms. The molecule has 2 heterocycles. The number of pyridine rings is 1. The van der Waals surface area contributed by atoms with Crippen molar-refractivity contribution in [1.29, 1.82) is 0 Å². The molecule has 0 radical (unpaired) electrons. The SMILES string of the molecule is Brc1ccc(OCC2CCOCC2)cn1. The maximum absolute atomic E-state index is 5.66. The van der Waals surface area contributed by atoms with Gasteiger partial charge in [0.05, 0.1) is 12.8 Å². The van der Waals surface area contributed by atoms with Crippen molar-refractivity contribution in [3.8, 4) is 5.75 Å². The fourth-order valence-electron chi connectivity index (χ4n) is 1.57. The summed E-state index contributed by atoms with van der Waals surface area (Å²) < 4.78 is 11.8. The molecule has 1 fully saturated rings. The minimum atomic E-state index is 0.627. The van der Waals surface area contributed by atoms with Crippen LogP contribution in [0, 0.1) is 5.92 Å². The largest absolute Gasteiger partial charge is 0.492 e. The van der Waals surface area contributed by atoms with Gasteiger partial charge in [-0.25, -0.2) is 4.98 Å². The van der Waals surface area contributed by atoms with Gasteiger partial charge in [0.15, 0.2) is 0 Å². The normalized spacial score (nSPS) is 17.7. The molecule has 1 aliphatic heterocycles. The first-order chi connectivity index (χ1) is 7.34. The lowest BCUT2D eigenvalue weighted by Crippen LogP contribution is -2.21. The zero-order chi connectivity index (χ0) is 10.5. The Morgan fingerprint density at radius 1 is 1.40 bits per heavy atom. The molecule has 0 saturated carbocycles. The van der Waals surface area contributed by atoms with E-state index in [2.05, 4.69) is 20.9 Å². The molecule has 1 saturated heterocycles. The Kier molecular flexibility index (Phi) is 3.97. The second-order valence-corrected chi connectivity index (χ2v) is 4.50. The first-order valence-corrected chi connectivity index (χ1v) is 5.96. The van der Waals surface area contributed by atoms with E-state index in [0.717, 1.165) is 43.0 Å². The summed E-state index contributed by atoms with van der Waals surface area (Å²) in [6.45, 7) is 2.51. The predicted octanol–water partition coefficient (Wildman–Crippen LogP) is 2.65. The van der Waals surface area contributed by atoms with E-state index in [-0.39, 0.29) is 0 Å². The molecule has 0 N–H and O–H groups in total. The van der Waals surface area contributed by atoms with Gasteiger partial charge in [-0.15, -0.1) is 0 Å². The lowest BCUT2D eigenvalue weighted by Gasteiger charge is -2.21. The van der Waals surface area contributed by atoms with Crippen molar-refractivity contribution in [1.82, 2.24) is 4.98 Å². The van der Waals surface area contributed by atoms with E-state index in [1.807, 2.05) is 12.1 Å². The molecular weight excluding hydrogens is 258 g/mol. The highest BCUT2D eigenvalue weighted by Crippen LogP contribution is 2.18. The highest BCUT2D eigenvalue weighted by atomic mass is 79.9. The molecule has 15 heavy (non-hydrogen) atoms. The maximum atomic E-state index is 5.66. The summed E-state index contributed by atoms with van der Waals surface area (Å²) in [5.41, 5.74) is 0. The van der Waals surface area contributed by atoms with E-state index in [1.165, 1.54) is 0 Å². The minimum Gasteiger partial charge on any atom is -0.492 e. The highest BCUT2D eigenvalue weighted by Gasteiger charge is 2.14. The third-order valence-corrected chi connectivity index (χ3v) is 3.00. The molecule has 2 rings (SSSR count). The van der Waals surface area contributed by atoms with Crippen LogP contribution in [0.4, 0.5) is 0 Å². The van der Waals surface area contributed by atoms with E-state index in [1.54, 1.807) is 6.20 Å². The van der Waals surface area contributed by atoms with Crippen LogP contribution in [0.2, 0.25) is 0 Å². The number of hydrogen-bond acceptors (Lipinski definition) is 3. The van der Waals surface area contributed by atoms with Crippen LogP contribution >= 0.6 is 15.9 Å². The summed E-state index contributed by atoms with van der Waals surface area (Å²) in [5, 5.41) is 0. The summed E-state index contributed by atoms with van der Waals surface area (Å²) in [6.07, 6.45) is 3.94. The van der Waals surface area contributed by atoms with E-state index in [4.69, 9.17) is 9.47 Å². The third-order valence-electron chi connectivity index (χ3n) is 2.53. The van der Waals surface area contributed by atoms with E-state index in [0.29, 0.717) is 5.92 Å². The van der Waals surface area contributed by atoms with Gasteiger partial charge in [0.1, 0.15) is 10.4 Å². The zero-order valence-electron chi connectivity index (χ0n) is 8.49. The van der Waals surface area contributed by atoms with Gasteiger partial charge < -0.3 is 9.47 Å². The number of hydrogen-bond donors (Lipinski definition) is 0. The average molecular weight is 272 g/mol. The topological polar surface area (TPSA) is 31.4 Å². The predicted molar refractivity (Wildman–Crippen MR) is 61.0 cm³/mol. The second kappa shape index (κ2) is 5.47. The van der Waals surface area contributed by atoms with Gasteiger partial charge in [-0.1, -0.05) is 0 Å². The van der Waals surface area contributed by atoms with Crippen LogP contribution in [0.1, 0.15) is 12.8 Å². The molecule has 1 aromatic heterocycles. The zero-order valence-corrected chi connectivity index (χ0v) is 10.1. The van der Waals surface area contributed by atoms with Crippen LogP contribution in [-0.2, 0) is 4.74 Å². The molecule has 0 unspecified atom stereocenters. The molecule has 0 amide bonds. The Morgan fingerprint density at radius 3 is 2.87 bits per heavy atom. The fourth-order valence-corrected chi connectivity index (χ4v) is 1.81. The van der Waals surface area contributed by atoms with Gasteiger partial charge in [0.2, 0.25) is 0 Å². The Morgan fingerprint density at radius 2 is 2.20 bits per heavy atom. The summed E-state index contributed by atoms with van der Waals surface area (Å²) in [7, 11) is 0. The minimum absolute atomic E-state index is 0.627. The van der Waals surface area contributed by atoms with Crippen molar-refractivity contribution in [3.05, 3.63) is 22.9 Å². The van der Waals surface area contributed by atoms with Gasteiger partial charge in [-0.05, 0) is 46.8 Å². The van der Waals surface area contributed by atoms with Crippen molar-refractivity contribution in [2.75, 3.05) is 19.8 Å². The van der Waals surface area contributed by atoms with Crippen molar-refractivity contribution in [2.24, 2.45) is 5.92 Å². The van der Waals surface area contributed by atoms with E-state index in [9.17, 15) is 0 Å². The van der Waals surface area contributed by atoms with Crippen LogP contribution in [0.3, 0.4) is 0 Å². The van der Waals surface area contributed by atoms with Crippen LogP contribution in [0.25, 0.3) is 0 Å². The number of rotatable bonds is 3. The van der Waals surface area contributed by atoms with Crippen LogP contribution in [-0.4, -0.2) is 24.8 Å². The number of aromatic nitrogens is 1. The first kappa shape index (κ1) is 10.9. The standard InChI is InChI=1S/C11H14BrNO2/c12-11-2-1-10(7-13-11)15-8-9-3-5-14-6-4-9/h1-2,7,9H,3-6,8H2. The first-order valence-electron chi connectivity index (χ1n) is 5.17. The van der Waals surface area contributed by atoms with E-state index < -0.39 is 0 Å². The Labute approximate surface area is 97.9 Å². The molecule has 1 aliphatic rings. The third kappa shape index (κ3) is 3.47. The maximum Gasteiger partial charge on any atom is 0.137 e. The molecular formula is C11H14BrNO2. The summed E-state index contributed by atoms with van der Waals surface area (Å²) >= 11 is 3.29. The lowest BCUT2D eigenvalue weighted by atomic mass is 10.0. The average Bonchev–Trinajstić information content (AvgIpc) is 2.30. The smallest absolute Gasteiger partial charge is 0.137 e. The van der Waals surface area contributed by atoms with Crippen LogP contribution in [0.15, 0.2) is 22.9 Å². The molecule has 1 aromatic rings. The highest BCUT2D eigenvalue weighted by molar-refractivity contribution is 9.10. The lowest BCUT2D eigenvalue weighted by molar-refractivity contribution is 0.0497. The Bertz CT molecular complexity index is 296. The molecule has 3 nitrogen and oxygen atoms in total. The second-order valence-electron chi connectivity index (χ2n) is 3.68. The van der Waals surface area contributed by atoms with Gasteiger partial charge in [0.25, 0.3) is 0 Å². The van der Waals surface area contributed by atoms with Crippen molar-refractivity contribution < 1.29 is 9.47 Å². The Balaban J connectivity index is 1.79. The summed E-state index contributed by atoms with van der Waals surface area (Å²) in [5.74, 6) is 1.46. The fraction of sp³-hybridized carbons (Fsp3) is 0.545. The number of ether oxygens (including phenoxy) is 2.